The number of rotatable bonds is 3. The highest BCUT2D eigenvalue weighted by atomic mass is 16.4. The lowest BCUT2D eigenvalue weighted by molar-refractivity contribution is -0.151. The van der Waals surface area contributed by atoms with Crippen molar-refractivity contribution in [2.45, 2.75) is 37.6 Å². The average molecular weight is 312 g/mol. The van der Waals surface area contributed by atoms with Gasteiger partial charge in [-0.1, -0.05) is 25.3 Å². The van der Waals surface area contributed by atoms with E-state index in [4.69, 9.17) is 0 Å². The number of aliphatic carboxylic acids is 1. The number of aromatic nitrogens is 1. The molecule has 0 radical (unpaired) electrons. The van der Waals surface area contributed by atoms with Gasteiger partial charge in [0.15, 0.2) is 0 Å². The number of hydrogen-bond donors (Lipinski definition) is 1. The molecule has 5 heteroatoms. The van der Waals surface area contributed by atoms with Crippen LogP contribution >= 0.6 is 0 Å². The average Bonchev–Trinajstić information content (AvgIpc) is 2.60. The van der Waals surface area contributed by atoms with Gasteiger partial charge >= 0.3 is 5.97 Å². The second-order valence-corrected chi connectivity index (χ2v) is 6.17. The third-order valence-electron chi connectivity index (χ3n) is 4.88. The third-order valence-corrected chi connectivity index (χ3v) is 4.88. The first-order valence-electron chi connectivity index (χ1n) is 7.91. The van der Waals surface area contributed by atoms with Crippen molar-refractivity contribution in [2.75, 3.05) is 7.05 Å². The van der Waals surface area contributed by atoms with Crippen LogP contribution in [0, 0.1) is 0 Å². The van der Waals surface area contributed by atoms with Crippen LogP contribution in [0.5, 0.6) is 0 Å². The number of benzene rings is 1. The zero-order chi connectivity index (χ0) is 16.4. The number of nitrogens with zero attached hydrogens (tertiary/aromatic N) is 2. The van der Waals surface area contributed by atoms with Gasteiger partial charge in [0.2, 0.25) is 0 Å². The molecule has 1 saturated carbocycles. The summed E-state index contributed by atoms with van der Waals surface area (Å²) in [5.41, 5.74) is 0.232. The molecule has 3 rings (SSSR count). The molecular weight excluding hydrogens is 292 g/mol. The first-order valence-corrected chi connectivity index (χ1v) is 7.91. The van der Waals surface area contributed by atoms with Gasteiger partial charge in [-0.05, 0) is 37.1 Å². The van der Waals surface area contributed by atoms with Gasteiger partial charge < -0.3 is 10.0 Å². The van der Waals surface area contributed by atoms with Crippen LogP contribution in [0.2, 0.25) is 0 Å². The molecule has 0 saturated heterocycles. The van der Waals surface area contributed by atoms with E-state index in [2.05, 4.69) is 4.98 Å². The first kappa shape index (κ1) is 15.5. The second-order valence-electron chi connectivity index (χ2n) is 6.17. The summed E-state index contributed by atoms with van der Waals surface area (Å²) in [6.07, 6.45) is 5.44. The van der Waals surface area contributed by atoms with Crippen LogP contribution < -0.4 is 0 Å². The molecule has 1 heterocycles. The van der Waals surface area contributed by atoms with Crippen molar-refractivity contribution in [3.8, 4) is 0 Å². The number of carbonyl (C=O) groups excluding carboxylic acids is 1. The van der Waals surface area contributed by atoms with E-state index < -0.39 is 11.5 Å². The predicted octanol–water partition coefficient (Wildman–Crippen LogP) is 3.09. The fourth-order valence-electron chi connectivity index (χ4n) is 3.43. The summed E-state index contributed by atoms with van der Waals surface area (Å²) in [4.78, 5) is 30.4. The molecule has 0 unspecified atom stereocenters. The van der Waals surface area contributed by atoms with E-state index in [1.54, 1.807) is 31.4 Å². The van der Waals surface area contributed by atoms with Crippen molar-refractivity contribution in [3.63, 3.8) is 0 Å². The Bertz CT molecular complexity index is 751. The van der Waals surface area contributed by atoms with E-state index in [-0.39, 0.29) is 5.91 Å². The summed E-state index contributed by atoms with van der Waals surface area (Å²) in [6, 6.07) is 9.00. The lowest BCUT2D eigenvalue weighted by Gasteiger charge is -2.41. The van der Waals surface area contributed by atoms with Crippen molar-refractivity contribution in [2.24, 2.45) is 0 Å². The van der Waals surface area contributed by atoms with E-state index in [1.807, 2.05) is 12.1 Å². The first-order chi connectivity index (χ1) is 11.0. The zero-order valence-electron chi connectivity index (χ0n) is 13.2. The third kappa shape index (κ3) is 2.67. The zero-order valence-corrected chi connectivity index (χ0v) is 13.2. The molecule has 1 aliphatic rings. The minimum Gasteiger partial charge on any atom is -0.479 e. The molecule has 23 heavy (non-hydrogen) atoms. The van der Waals surface area contributed by atoms with Gasteiger partial charge in [-0.2, -0.15) is 0 Å². The maximum atomic E-state index is 12.8. The molecule has 1 aromatic carbocycles. The molecule has 0 spiro atoms. The molecule has 2 aromatic rings. The van der Waals surface area contributed by atoms with Gasteiger partial charge in [0.25, 0.3) is 5.91 Å². The van der Waals surface area contributed by atoms with E-state index in [0.717, 1.165) is 30.2 Å². The number of carbonyl (C=O) groups is 2. The summed E-state index contributed by atoms with van der Waals surface area (Å²) >= 11 is 0. The molecular formula is C18H20N2O3. The van der Waals surface area contributed by atoms with E-state index >= 15 is 0 Å². The molecule has 0 bridgehead atoms. The standard InChI is InChI=1S/C18H20N2O3/c1-20(18(17(22)23)9-3-2-4-10-18)16(21)14-7-8-15-13(12-14)6-5-11-19-15/h5-8,11-12H,2-4,9-10H2,1H3,(H,22,23). The Kier molecular flexibility index (Phi) is 4.03. The van der Waals surface area contributed by atoms with Crippen molar-refractivity contribution < 1.29 is 14.7 Å². The van der Waals surface area contributed by atoms with Gasteiger partial charge in [0, 0.05) is 24.2 Å². The highest BCUT2D eigenvalue weighted by molar-refractivity contribution is 6.00. The molecule has 1 fully saturated rings. The maximum absolute atomic E-state index is 12.8. The molecule has 1 aliphatic carbocycles. The second kappa shape index (κ2) is 5.99. The van der Waals surface area contributed by atoms with Crippen molar-refractivity contribution in [1.82, 2.24) is 9.88 Å². The topological polar surface area (TPSA) is 70.5 Å². The number of fused-ring (bicyclic) bond motifs is 1. The van der Waals surface area contributed by atoms with E-state index in [9.17, 15) is 14.7 Å². The minimum absolute atomic E-state index is 0.250. The number of amides is 1. The highest BCUT2D eigenvalue weighted by Crippen LogP contribution is 2.34. The largest absolute Gasteiger partial charge is 0.479 e. The van der Waals surface area contributed by atoms with Crippen LogP contribution in [0.25, 0.3) is 10.9 Å². The fraction of sp³-hybridized carbons (Fsp3) is 0.389. The Morgan fingerprint density at radius 1 is 1.17 bits per heavy atom. The van der Waals surface area contributed by atoms with E-state index in [1.165, 1.54) is 4.90 Å². The Morgan fingerprint density at radius 3 is 2.61 bits per heavy atom. The summed E-state index contributed by atoms with van der Waals surface area (Å²) < 4.78 is 0. The van der Waals surface area contributed by atoms with E-state index in [0.29, 0.717) is 18.4 Å². The quantitative estimate of drug-likeness (QED) is 0.945. The summed E-state index contributed by atoms with van der Waals surface area (Å²) in [5.74, 6) is -1.16. The normalized spacial score (nSPS) is 16.9. The summed E-state index contributed by atoms with van der Waals surface area (Å²) in [6.45, 7) is 0. The van der Waals surface area contributed by atoms with Gasteiger partial charge in [0.05, 0.1) is 5.52 Å². The molecule has 0 atom stereocenters. The highest BCUT2D eigenvalue weighted by Gasteiger charge is 2.45. The molecule has 1 N–H and O–H groups in total. The minimum atomic E-state index is -1.08. The SMILES string of the molecule is CN(C(=O)c1ccc2ncccc2c1)C1(C(=O)O)CCCCC1. The number of likely N-dealkylation sites (N-methyl/N-ethyl adjacent to an activating group) is 1. The smallest absolute Gasteiger partial charge is 0.329 e. The van der Waals surface area contributed by atoms with Crippen LogP contribution in [0.15, 0.2) is 36.5 Å². The van der Waals surface area contributed by atoms with Gasteiger partial charge in [-0.25, -0.2) is 4.79 Å². The number of pyridine rings is 1. The van der Waals surface area contributed by atoms with Gasteiger partial charge in [0.1, 0.15) is 5.54 Å². The van der Waals surface area contributed by atoms with Gasteiger partial charge in [-0.3, -0.25) is 9.78 Å². The number of hydrogen-bond acceptors (Lipinski definition) is 3. The number of carboxylic acid groups (broad SMARTS) is 1. The Labute approximate surface area is 134 Å². The predicted molar refractivity (Wildman–Crippen MR) is 87.3 cm³/mol. The monoisotopic (exact) mass is 312 g/mol. The summed E-state index contributed by atoms with van der Waals surface area (Å²) in [7, 11) is 1.61. The Balaban J connectivity index is 1.94. The Morgan fingerprint density at radius 2 is 1.91 bits per heavy atom. The van der Waals surface area contributed by atoms with Crippen molar-refractivity contribution in [3.05, 3.63) is 42.1 Å². The van der Waals surface area contributed by atoms with Crippen molar-refractivity contribution >= 4 is 22.8 Å². The fourth-order valence-corrected chi connectivity index (χ4v) is 3.43. The van der Waals surface area contributed by atoms with Crippen LogP contribution in [0.3, 0.4) is 0 Å². The van der Waals surface area contributed by atoms with Crippen LogP contribution in [-0.4, -0.2) is 39.5 Å². The maximum Gasteiger partial charge on any atom is 0.329 e. The molecule has 5 nitrogen and oxygen atoms in total. The van der Waals surface area contributed by atoms with Crippen LogP contribution in [-0.2, 0) is 4.79 Å². The Hall–Kier alpha value is -2.43. The number of carboxylic acids is 1. The van der Waals surface area contributed by atoms with Crippen LogP contribution in [0.1, 0.15) is 42.5 Å². The lowest BCUT2D eigenvalue weighted by atomic mass is 9.80. The molecule has 120 valence electrons. The van der Waals surface area contributed by atoms with Crippen molar-refractivity contribution in [1.29, 1.82) is 0 Å². The molecule has 1 amide bonds. The lowest BCUT2D eigenvalue weighted by Crippen LogP contribution is -2.56. The summed E-state index contributed by atoms with van der Waals surface area (Å²) in [5, 5.41) is 10.6. The van der Waals surface area contributed by atoms with Gasteiger partial charge in [-0.15, -0.1) is 0 Å². The molecule has 1 aromatic heterocycles. The molecule has 0 aliphatic heterocycles. The van der Waals surface area contributed by atoms with Crippen LogP contribution in [0.4, 0.5) is 0 Å².